The van der Waals surface area contributed by atoms with Gasteiger partial charge in [0, 0.05) is 30.6 Å². The molecule has 4 atom stereocenters. The lowest BCUT2D eigenvalue weighted by atomic mass is 9.84. The number of likely N-dealkylation sites (tertiary alicyclic amines) is 1. The number of aliphatic hydroxyl groups is 1. The van der Waals surface area contributed by atoms with E-state index in [1.54, 1.807) is 13.8 Å². The highest BCUT2D eigenvalue weighted by atomic mass is 16.4. The minimum Gasteiger partial charge on any atom is -0.465 e. The lowest BCUT2D eigenvalue weighted by molar-refractivity contribution is -0.142. The number of hydrogen-bond acceptors (Lipinski definition) is 10. The first kappa shape index (κ1) is 40.4. The molecule has 0 bridgehead atoms. The highest BCUT2D eigenvalue weighted by Crippen LogP contribution is 2.33. The number of aromatic nitrogens is 3. The summed E-state index contributed by atoms with van der Waals surface area (Å²) in [5, 5.41) is 35.4. The molecule has 9 N–H and O–H groups in total. The van der Waals surface area contributed by atoms with Gasteiger partial charge in [-0.05, 0) is 63.6 Å². The van der Waals surface area contributed by atoms with Crippen molar-refractivity contribution in [2.24, 2.45) is 17.4 Å². The molecule has 1 aromatic heterocycles. The quantitative estimate of drug-likeness (QED) is 0.0866. The zero-order valence-electron chi connectivity index (χ0n) is 30.0. The summed E-state index contributed by atoms with van der Waals surface area (Å²) >= 11 is 0. The number of amides is 6. The minimum absolute atomic E-state index is 0.0191. The average Bonchev–Trinajstić information content (AvgIpc) is 3.79. The Labute approximate surface area is 306 Å². The number of unbranched alkanes of at least 4 members (excludes halogenated alkanes) is 1. The molecule has 2 aliphatic rings. The SMILES string of the molecule is CC(C)(O)c1cnnn1[C@H]1C[C@@H](C(=O)NC(CCCCNC(=O)O)C(=O)C(N)=O)N(C(=O)[C@@H](CC2CCCCC2)NC(=O)c2cccc(C(N)=O)c2)C1. The number of carbonyl (C=O) groups excluding carboxylic acids is 6. The predicted octanol–water partition coefficient (Wildman–Crippen LogP) is 0.493. The molecule has 1 aliphatic carbocycles. The van der Waals surface area contributed by atoms with Crippen LogP contribution < -0.4 is 27.4 Å². The maximum absolute atomic E-state index is 14.7. The van der Waals surface area contributed by atoms with Crippen LogP contribution in [0, 0.1) is 5.92 Å². The second kappa shape index (κ2) is 17.9. The Morgan fingerprint density at radius 1 is 0.981 bits per heavy atom. The van der Waals surface area contributed by atoms with Crippen molar-refractivity contribution in [3.8, 4) is 0 Å². The fraction of sp³-hybridized carbons (Fsp3) is 0.571. The van der Waals surface area contributed by atoms with Crippen LogP contribution in [0.2, 0.25) is 0 Å². The summed E-state index contributed by atoms with van der Waals surface area (Å²) in [5.74, 6) is -4.90. The van der Waals surface area contributed by atoms with Gasteiger partial charge >= 0.3 is 6.09 Å². The molecule has 1 saturated carbocycles. The van der Waals surface area contributed by atoms with Gasteiger partial charge in [0.2, 0.25) is 23.5 Å². The van der Waals surface area contributed by atoms with Crippen molar-refractivity contribution < 1.29 is 43.8 Å². The molecule has 18 heteroatoms. The molecule has 1 unspecified atom stereocenters. The molecule has 53 heavy (non-hydrogen) atoms. The van der Waals surface area contributed by atoms with Gasteiger partial charge in [0.15, 0.2) is 0 Å². The number of nitrogens with zero attached hydrogens (tertiary/aromatic N) is 4. The molecular weight excluding hydrogens is 690 g/mol. The number of carboxylic acid groups (broad SMARTS) is 1. The van der Waals surface area contributed by atoms with Crippen LogP contribution in [0.3, 0.4) is 0 Å². The molecule has 4 rings (SSSR count). The van der Waals surface area contributed by atoms with E-state index in [4.69, 9.17) is 16.6 Å². The van der Waals surface area contributed by atoms with Gasteiger partial charge in [-0.2, -0.15) is 0 Å². The molecule has 0 radical (unpaired) electrons. The third kappa shape index (κ3) is 10.8. The van der Waals surface area contributed by atoms with Gasteiger partial charge in [-0.3, -0.25) is 28.8 Å². The highest BCUT2D eigenvalue weighted by molar-refractivity contribution is 6.37. The highest BCUT2D eigenvalue weighted by Gasteiger charge is 2.45. The van der Waals surface area contributed by atoms with Crippen molar-refractivity contribution in [3.63, 3.8) is 0 Å². The van der Waals surface area contributed by atoms with E-state index in [0.717, 1.165) is 32.1 Å². The number of ketones is 1. The third-order valence-electron chi connectivity index (χ3n) is 9.79. The van der Waals surface area contributed by atoms with E-state index in [9.17, 15) is 38.7 Å². The van der Waals surface area contributed by atoms with Crippen LogP contribution in [0.4, 0.5) is 4.79 Å². The Hall–Kier alpha value is -5.39. The molecule has 18 nitrogen and oxygen atoms in total. The second-order valence-electron chi connectivity index (χ2n) is 14.2. The van der Waals surface area contributed by atoms with Gasteiger partial charge < -0.3 is 42.5 Å². The van der Waals surface area contributed by atoms with Crippen LogP contribution >= 0.6 is 0 Å². The number of Topliss-reactive ketones (excluding diaryl/α,β-unsaturated/α-hetero) is 1. The van der Waals surface area contributed by atoms with Crippen LogP contribution in [0.5, 0.6) is 0 Å². The molecule has 2 fully saturated rings. The van der Waals surface area contributed by atoms with Crippen LogP contribution in [-0.4, -0.2) is 103 Å². The largest absolute Gasteiger partial charge is 0.465 e. The Morgan fingerprint density at radius 2 is 1.68 bits per heavy atom. The maximum Gasteiger partial charge on any atom is 0.404 e. The summed E-state index contributed by atoms with van der Waals surface area (Å²) in [7, 11) is 0. The molecular formula is C35H49N9O9. The Morgan fingerprint density at radius 3 is 2.32 bits per heavy atom. The van der Waals surface area contributed by atoms with Gasteiger partial charge in [0.05, 0.1) is 24.0 Å². The lowest BCUT2D eigenvalue weighted by Crippen LogP contribution is -2.56. The fourth-order valence-electron chi connectivity index (χ4n) is 7.04. The van der Waals surface area contributed by atoms with Gasteiger partial charge in [-0.25, -0.2) is 9.48 Å². The van der Waals surface area contributed by atoms with Gasteiger partial charge in [-0.1, -0.05) is 43.4 Å². The van der Waals surface area contributed by atoms with E-state index in [1.807, 2.05) is 0 Å². The summed E-state index contributed by atoms with van der Waals surface area (Å²) < 4.78 is 1.44. The Bertz CT molecular complexity index is 1680. The van der Waals surface area contributed by atoms with Crippen LogP contribution in [0.25, 0.3) is 0 Å². The van der Waals surface area contributed by atoms with E-state index < -0.39 is 71.2 Å². The molecule has 6 amide bonds. The Kier molecular flexibility index (Phi) is 13.6. The number of carbonyl (C=O) groups is 7. The topological polar surface area (TPSA) is 282 Å². The number of benzene rings is 1. The third-order valence-corrected chi connectivity index (χ3v) is 9.79. The summed E-state index contributed by atoms with van der Waals surface area (Å²) in [4.78, 5) is 91.1. The van der Waals surface area contributed by atoms with Gasteiger partial charge in [0.1, 0.15) is 17.7 Å². The van der Waals surface area contributed by atoms with Crippen molar-refractivity contribution >= 4 is 41.4 Å². The van der Waals surface area contributed by atoms with E-state index in [0.29, 0.717) is 12.1 Å². The molecule has 2 heterocycles. The maximum atomic E-state index is 14.7. The summed E-state index contributed by atoms with van der Waals surface area (Å²) in [6.45, 7) is 3.08. The first-order valence-electron chi connectivity index (χ1n) is 17.8. The average molecular weight is 740 g/mol. The molecule has 1 aliphatic heterocycles. The summed E-state index contributed by atoms with van der Waals surface area (Å²) in [5.41, 5.74) is 9.89. The molecule has 1 saturated heterocycles. The Balaban J connectivity index is 1.66. The molecule has 1 aromatic carbocycles. The van der Waals surface area contributed by atoms with Crippen molar-refractivity contribution in [3.05, 3.63) is 47.3 Å². The molecule has 2 aromatic rings. The molecule has 288 valence electrons. The number of primary amides is 2. The number of nitrogens with two attached hydrogens (primary N) is 2. The van der Waals surface area contributed by atoms with Gasteiger partial charge in [-0.15, -0.1) is 5.10 Å². The van der Waals surface area contributed by atoms with Crippen molar-refractivity contribution in [1.82, 2.24) is 35.8 Å². The van der Waals surface area contributed by atoms with E-state index in [2.05, 4.69) is 26.3 Å². The first-order chi connectivity index (χ1) is 25.1. The number of nitrogens with one attached hydrogen (secondary N) is 3. The standard InChI is InChI=1S/C35H49N9O9/c1-35(2,53)27-18-39-42-44(27)23-17-26(32(49)40-24(28(45)30(37)47)13-6-7-14-38-34(51)52)43(19-23)33(50)25(15-20-9-4-3-5-10-20)41-31(48)22-12-8-11-21(16-22)29(36)46/h8,11-12,16,18,20,23-26,38,53H,3-7,9-10,13-15,17,19H2,1-2H3,(H2,36,46)(H2,37,47)(H,40,49)(H,41,48)(H,51,52)/t23-,24?,25+,26-/m0/s1. The zero-order valence-corrected chi connectivity index (χ0v) is 30.0. The fourth-order valence-corrected chi connectivity index (χ4v) is 7.04. The monoisotopic (exact) mass is 739 g/mol. The summed E-state index contributed by atoms with van der Waals surface area (Å²) in [6.07, 6.45) is 5.61. The predicted molar refractivity (Wildman–Crippen MR) is 188 cm³/mol. The van der Waals surface area contributed by atoms with Crippen molar-refractivity contribution in [2.75, 3.05) is 13.1 Å². The van der Waals surface area contributed by atoms with Crippen LogP contribution in [-0.2, 0) is 24.8 Å². The van der Waals surface area contributed by atoms with Gasteiger partial charge in [0.25, 0.3) is 11.8 Å². The minimum atomic E-state index is -1.38. The van der Waals surface area contributed by atoms with E-state index in [1.165, 1.54) is 40.0 Å². The first-order valence-corrected chi connectivity index (χ1v) is 17.8. The number of hydrogen-bond donors (Lipinski definition) is 7. The van der Waals surface area contributed by atoms with Crippen LogP contribution in [0.1, 0.15) is 111 Å². The van der Waals surface area contributed by atoms with Crippen LogP contribution in [0.15, 0.2) is 30.5 Å². The van der Waals surface area contributed by atoms with Crippen molar-refractivity contribution in [2.45, 2.75) is 108 Å². The molecule has 0 spiro atoms. The van der Waals surface area contributed by atoms with E-state index in [-0.39, 0.29) is 55.8 Å². The van der Waals surface area contributed by atoms with E-state index >= 15 is 0 Å². The zero-order chi connectivity index (χ0) is 38.9. The smallest absolute Gasteiger partial charge is 0.404 e. The normalized spacial score (nSPS) is 18.8. The lowest BCUT2D eigenvalue weighted by Gasteiger charge is -2.32. The second-order valence-corrected chi connectivity index (χ2v) is 14.2. The van der Waals surface area contributed by atoms with Crippen molar-refractivity contribution in [1.29, 1.82) is 0 Å². The number of rotatable bonds is 17. The summed E-state index contributed by atoms with van der Waals surface area (Å²) in [6, 6.07) is 1.47.